The van der Waals surface area contributed by atoms with Crippen molar-refractivity contribution in [2.45, 2.75) is 0 Å². The second-order valence-electron chi connectivity index (χ2n) is 9.77. The highest BCUT2D eigenvalue weighted by Gasteiger charge is 2.67. The molecule has 0 heterocycles. The molecular formula is C37H33P3+2. The molecule has 0 aliphatic carbocycles. The van der Waals surface area contributed by atoms with Crippen molar-refractivity contribution in [2.75, 3.05) is 6.66 Å². The van der Waals surface area contributed by atoms with Crippen molar-refractivity contribution in [1.29, 1.82) is 0 Å². The monoisotopic (exact) mass is 570 g/mol. The molecule has 0 unspecified atom stereocenters. The predicted octanol–water partition coefficient (Wildman–Crippen LogP) is 7.92. The lowest BCUT2D eigenvalue weighted by Gasteiger charge is -2.38. The van der Waals surface area contributed by atoms with Gasteiger partial charge in [0.05, 0.1) is 0 Å². The van der Waals surface area contributed by atoms with E-state index in [0.29, 0.717) is 0 Å². The molecule has 0 amide bonds. The van der Waals surface area contributed by atoms with E-state index in [1.54, 1.807) is 0 Å². The van der Waals surface area contributed by atoms with Gasteiger partial charge in [-0.3, -0.25) is 0 Å². The van der Waals surface area contributed by atoms with Crippen LogP contribution in [-0.2, 0) is 0 Å². The van der Waals surface area contributed by atoms with E-state index in [1.165, 1.54) is 31.8 Å². The van der Waals surface area contributed by atoms with Gasteiger partial charge in [0.25, 0.3) is 0 Å². The molecule has 0 bridgehead atoms. The predicted molar refractivity (Wildman–Crippen MR) is 183 cm³/mol. The molecule has 40 heavy (non-hydrogen) atoms. The van der Waals surface area contributed by atoms with Crippen LogP contribution in [0.5, 0.6) is 0 Å². The van der Waals surface area contributed by atoms with Crippen LogP contribution in [0.15, 0.2) is 182 Å². The Balaban J connectivity index is 1.81. The van der Waals surface area contributed by atoms with Crippen molar-refractivity contribution < 1.29 is 0 Å². The second kappa shape index (κ2) is 12.0. The molecule has 0 atom stereocenters. The van der Waals surface area contributed by atoms with Crippen molar-refractivity contribution >= 4 is 53.0 Å². The summed E-state index contributed by atoms with van der Waals surface area (Å²) in [7, 11) is -0.711. The zero-order valence-corrected chi connectivity index (χ0v) is 25.3. The molecule has 0 fully saturated rings. The van der Waals surface area contributed by atoms with E-state index in [9.17, 15) is 0 Å². The lowest BCUT2D eigenvalue weighted by atomic mass is 10.4. The van der Waals surface area contributed by atoms with Crippen LogP contribution in [0.25, 0.3) is 0 Å². The fourth-order valence-corrected chi connectivity index (χ4v) is 32.6. The molecule has 0 saturated carbocycles. The quantitative estimate of drug-likeness (QED) is 0.163. The standard InChI is InChI=1S/C37H33P3/c1-38(39(32-20-8-2-9-21-32,33-22-10-3-11-23-33)34-24-12-4-13-25-34)40(35-26-14-5-15-27-35,36-28-16-6-17-29-36)37-30-18-7-19-31-37/h2-31H,1H3/q+2. The van der Waals surface area contributed by atoms with Crippen LogP contribution >= 0.6 is 21.2 Å². The van der Waals surface area contributed by atoms with Crippen LogP contribution in [0.2, 0.25) is 0 Å². The zero-order chi connectivity index (χ0) is 27.3. The molecule has 194 valence electrons. The van der Waals surface area contributed by atoms with Crippen LogP contribution in [0, 0.1) is 0 Å². The van der Waals surface area contributed by atoms with Crippen molar-refractivity contribution in [2.24, 2.45) is 0 Å². The van der Waals surface area contributed by atoms with Gasteiger partial charge in [-0.15, -0.1) is 0 Å². The molecule has 0 spiro atoms. The summed E-state index contributed by atoms with van der Waals surface area (Å²) >= 11 is 0. The van der Waals surface area contributed by atoms with E-state index >= 15 is 0 Å². The summed E-state index contributed by atoms with van der Waals surface area (Å²) in [5.41, 5.74) is 0. The van der Waals surface area contributed by atoms with Gasteiger partial charge in [0.2, 0.25) is 7.30 Å². The van der Waals surface area contributed by atoms with Crippen molar-refractivity contribution in [3.05, 3.63) is 182 Å². The average molecular weight is 571 g/mol. The highest BCUT2D eigenvalue weighted by atomic mass is 32.5. The largest absolute Gasteiger partial charge is 0.237 e. The van der Waals surface area contributed by atoms with E-state index in [0.717, 1.165) is 0 Å². The van der Waals surface area contributed by atoms with Gasteiger partial charge in [-0.05, 0) is 72.8 Å². The fourth-order valence-electron chi connectivity index (χ4n) is 5.96. The molecule has 6 aromatic carbocycles. The Labute approximate surface area is 241 Å². The third kappa shape index (κ3) is 4.56. The van der Waals surface area contributed by atoms with Crippen LogP contribution in [0.4, 0.5) is 0 Å². The van der Waals surface area contributed by atoms with Gasteiger partial charge in [0.15, 0.2) is 13.9 Å². The number of benzene rings is 6. The lowest BCUT2D eigenvalue weighted by molar-refractivity contribution is 1.73. The van der Waals surface area contributed by atoms with Crippen molar-refractivity contribution in [3.63, 3.8) is 0 Å². The van der Waals surface area contributed by atoms with Gasteiger partial charge in [-0.25, -0.2) is 0 Å². The van der Waals surface area contributed by atoms with Crippen molar-refractivity contribution in [1.82, 2.24) is 0 Å². The summed E-state index contributed by atoms with van der Waals surface area (Å²) in [6.45, 7) is -1.67. The fraction of sp³-hybridized carbons (Fsp3) is 0.0270. The van der Waals surface area contributed by atoms with Gasteiger partial charge in [0.1, 0.15) is 31.8 Å². The maximum Gasteiger partial charge on any atom is 0.237 e. The Morgan fingerprint density at radius 3 is 0.575 bits per heavy atom. The second-order valence-corrected chi connectivity index (χ2v) is 24.5. The van der Waals surface area contributed by atoms with Gasteiger partial charge in [0, 0.05) is 6.66 Å². The van der Waals surface area contributed by atoms with Gasteiger partial charge >= 0.3 is 0 Å². The highest BCUT2D eigenvalue weighted by molar-refractivity contribution is 8.78. The SMILES string of the molecule is CP([P+](c1ccccc1)(c1ccccc1)c1ccccc1)[P+](c1ccccc1)(c1ccccc1)c1ccccc1. The molecule has 0 aromatic heterocycles. The normalized spacial score (nSPS) is 11.8. The first kappa shape index (κ1) is 26.8. The molecule has 0 saturated heterocycles. The lowest BCUT2D eigenvalue weighted by Crippen LogP contribution is -2.36. The summed E-state index contributed by atoms with van der Waals surface area (Å²) in [6, 6.07) is 68.4. The minimum atomic E-state index is -2.15. The van der Waals surface area contributed by atoms with E-state index in [4.69, 9.17) is 0 Å². The van der Waals surface area contributed by atoms with Crippen molar-refractivity contribution in [3.8, 4) is 0 Å². The zero-order valence-electron chi connectivity index (χ0n) is 22.7. The maximum absolute atomic E-state index is 2.62. The summed E-state index contributed by atoms with van der Waals surface area (Å²) in [6.07, 6.45) is 0. The van der Waals surface area contributed by atoms with Gasteiger partial charge in [-0.2, -0.15) is 0 Å². The topological polar surface area (TPSA) is 0 Å². The van der Waals surface area contributed by atoms with E-state index in [1.807, 2.05) is 0 Å². The number of hydrogen-bond acceptors (Lipinski definition) is 0. The van der Waals surface area contributed by atoms with E-state index in [-0.39, 0.29) is 0 Å². The Kier molecular flexibility index (Phi) is 8.05. The molecule has 0 radical (unpaired) electrons. The molecule has 0 N–H and O–H groups in total. The van der Waals surface area contributed by atoms with Crippen LogP contribution in [0.3, 0.4) is 0 Å². The van der Waals surface area contributed by atoms with Crippen LogP contribution in [-0.4, -0.2) is 6.66 Å². The Morgan fingerprint density at radius 2 is 0.425 bits per heavy atom. The molecule has 6 rings (SSSR count). The minimum absolute atomic E-state index is 0.711. The van der Waals surface area contributed by atoms with Crippen LogP contribution in [0.1, 0.15) is 0 Å². The first-order valence-corrected chi connectivity index (χ1v) is 20.4. The summed E-state index contributed by atoms with van der Waals surface area (Å²) in [4.78, 5) is 0. The number of hydrogen-bond donors (Lipinski definition) is 0. The molecular weight excluding hydrogens is 537 g/mol. The minimum Gasteiger partial charge on any atom is -0.0620 e. The number of rotatable bonds is 8. The first-order chi connectivity index (χ1) is 19.8. The summed E-state index contributed by atoms with van der Waals surface area (Å²) < 4.78 is 0. The van der Waals surface area contributed by atoms with E-state index < -0.39 is 21.2 Å². The smallest absolute Gasteiger partial charge is 0.0620 e. The van der Waals surface area contributed by atoms with Crippen LogP contribution < -0.4 is 31.8 Å². The first-order valence-electron chi connectivity index (χ1n) is 13.7. The molecule has 0 nitrogen and oxygen atoms in total. The third-order valence-electron chi connectivity index (χ3n) is 7.65. The molecule has 0 aliphatic heterocycles. The highest BCUT2D eigenvalue weighted by Crippen LogP contribution is 2.98. The van der Waals surface area contributed by atoms with Gasteiger partial charge in [-0.1, -0.05) is 109 Å². The Bertz CT molecular complexity index is 1300. The molecule has 6 aromatic rings. The van der Waals surface area contributed by atoms with Gasteiger partial charge < -0.3 is 0 Å². The van der Waals surface area contributed by atoms with E-state index in [2.05, 4.69) is 189 Å². The third-order valence-corrected chi connectivity index (χ3v) is 29.9. The summed E-state index contributed by atoms with van der Waals surface area (Å²) in [5.74, 6) is 0. The molecule has 3 heteroatoms. The average Bonchev–Trinajstić information content (AvgIpc) is 3.05. The summed E-state index contributed by atoms with van der Waals surface area (Å²) in [5, 5.41) is 8.71. The Morgan fingerprint density at radius 1 is 0.275 bits per heavy atom. The maximum atomic E-state index is 2.62. The Hall–Kier alpha value is -3.39. The molecule has 0 aliphatic rings.